The monoisotopic (exact) mass is 260 g/mol. The van der Waals surface area contributed by atoms with Crippen molar-refractivity contribution in [3.8, 4) is 0 Å². The van der Waals surface area contributed by atoms with E-state index >= 15 is 0 Å². The van der Waals surface area contributed by atoms with Crippen LogP contribution < -0.4 is 0 Å². The first kappa shape index (κ1) is 16.0. The number of ether oxygens (including phenoxy) is 1. The largest absolute Gasteiger partial charge is 0.374 e. The molecule has 2 unspecified atom stereocenters. The maximum atomic E-state index is 5.85. The van der Waals surface area contributed by atoms with Gasteiger partial charge in [-0.1, -0.05) is 69.0 Å². The molecule has 1 rings (SSSR count). The van der Waals surface area contributed by atoms with Gasteiger partial charge in [-0.25, -0.2) is 0 Å². The number of rotatable bonds is 10. The Morgan fingerprint density at radius 1 is 1.11 bits per heavy atom. The molecule has 0 aromatic heterocycles. The summed E-state index contributed by atoms with van der Waals surface area (Å²) in [4.78, 5) is 0. The van der Waals surface area contributed by atoms with E-state index in [0.717, 1.165) is 6.61 Å². The molecule has 0 bridgehead atoms. The van der Waals surface area contributed by atoms with Crippen molar-refractivity contribution in [2.45, 2.75) is 58.0 Å². The van der Waals surface area contributed by atoms with E-state index in [0.29, 0.717) is 5.92 Å². The van der Waals surface area contributed by atoms with Crippen molar-refractivity contribution in [2.24, 2.45) is 0 Å². The third-order valence-corrected chi connectivity index (χ3v) is 3.58. The average Bonchev–Trinajstić information content (AvgIpc) is 2.46. The number of hydrogen-bond donors (Lipinski definition) is 0. The predicted octanol–water partition coefficient (Wildman–Crippen LogP) is 5.33. The smallest absolute Gasteiger partial charge is 0.0821 e. The van der Waals surface area contributed by atoms with Crippen LogP contribution in [0.15, 0.2) is 43.0 Å². The highest BCUT2D eigenvalue weighted by molar-refractivity contribution is 5.22. The Kier molecular flexibility index (Phi) is 8.24. The molecule has 0 saturated heterocycles. The summed E-state index contributed by atoms with van der Waals surface area (Å²) in [5.41, 5.74) is 1.37. The van der Waals surface area contributed by atoms with Crippen LogP contribution in [0.5, 0.6) is 0 Å². The van der Waals surface area contributed by atoms with Gasteiger partial charge in [0.1, 0.15) is 0 Å². The van der Waals surface area contributed by atoms with E-state index in [4.69, 9.17) is 4.74 Å². The molecule has 106 valence electrons. The molecule has 0 aliphatic carbocycles. The zero-order chi connectivity index (χ0) is 13.9. The van der Waals surface area contributed by atoms with Crippen LogP contribution in [0.3, 0.4) is 0 Å². The molecule has 1 nitrogen and oxygen atoms in total. The van der Waals surface area contributed by atoms with Gasteiger partial charge in [-0.05, 0) is 18.9 Å². The van der Waals surface area contributed by atoms with E-state index in [-0.39, 0.29) is 6.10 Å². The molecule has 19 heavy (non-hydrogen) atoms. The van der Waals surface area contributed by atoms with Crippen molar-refractivity contribution in [3.05, 3.63) is 48.6 Å². The van der Waals surface area contributed by atoms with Crippen molar-refractivity contribution in [3.63, 3.8) is 0 Å². The van der Waals surface area contributed by atoms with Gasteiger partial charge >= 0.3 is 0 Å². The summed E-state index contributed by atoms with van der Waals surface area (Å²) in [6.45, 7) is 8.99. The van der Waals surface area contributed by atoms with Crippen LogP contribution in [0.1, 0.15) is 57.4 Å². The third-order valence-electron chi connectivity index (χ3n) is 3.58. The lowest BCUT2D eigenvalue weighted by Gasteiger charge is -2.25. The topological polar surface area (TPSA) is 9.23 Å². The van der Waals surface area contributed by atoms with Gasteiger partial charge in [0.25, 0.3) is 0 Å². The fourth-order valence-electron chi connectivity index (χ4n) is 2.55. The summed E-state index contributed by atoms with van der Waals surface area (Å²) in [7, 11) is 0. The molecule has 0 fully saturated rings. The van der Waals surface area contributed by atoms with Gasteiger partial charge in [0, 0.05) is 12.5 Å². The first-order chi connectivity index (χ1) is 9.33. The molecule has 2 atom stereocenters. The summed E-state index contributed by atoms with van der Waals surface area (Å²) in [6, 6.07) is 10.7. The van der Waals surface area contributed by atoms with Crippen molar-refractivity contribution >= 4 is 0 Å². The standard InChI is InChI=1S/C18H28O/c1-4-7-8-12-15-17(18(5-2)19-6-3)16-13-10-9-11-14-16/h5,9-11,13-14,17-18H,2,4,6-8,12,15H2,1,3H3. The molecule has 0 spiro atoms. The zero-order valence-electron chi connectivity index (χ0n) is 12.5. The van der Waals surface area contributed by atoms with E-state index in [1.165, 1.54) is 37.7 Å². The first-order valence-corrected chi connectivity index (χ1v) is 7.62. The Hall–Kier alpha value is -1.08. The van der Waals surface area contributed by atoms with Crippen molar-refractivity contribution in [1.82, 2.24) is 0 Å². The van der Waals surface area contributed by atoms with Crippen LogP contribution in [0.25, 0.3) is 0 Å². The van der Waals surface area contributed by atoms with Gasteiger partial charge in [-0.3, -0.25) is 0 Å². The predicted molar refractivity (Wildman–Crippen MR) is 83.6 cm³/mol. The zero-order valence-corrected chi connectivity index (χ0v) is 12.5. The van der Waals surface area contributed by atoms with Crippen LogP contribution >= 0.6 is 0 Å². The second kappa shape index (κ2) is 9.80. The minimum atomic E-state index is 0.133. The van der Waals surface area contributed by atoms with Crippen molar-refractivity contribution in [1.29, 1.82) is 0 Å². The maximum absolute atomic E-state index is 5.85. The van der Waals surface area contributed by atoms with Crippen molar-refractivity contribution < 1.29 is 4.74 Å². The van der Waals surface area contributed by atoms with Gasteiger partial charge in [-0.2, -0.15) is 0 Å². The molecule has 0 N–H and O–H groups in total. The number of unbranched alkanes of at least 4 members (excludes halogenated alkanes) is 3. The average molecular weight is 260 g/mol. The summed E-state index contributed by atoms with van der Waals surface area (Å²) in [5.74, 6) is 0.440. The van der Waals surface area contributed by atoms with Crippen LogP contribution in [-0.4, -0.2) is 12.7 Å². The molecule has 0 heterocycles. The summed E-state index contributed by atoms with van der Waals surface area (Å²) in [6.07, 6.45) is 8.47. The molecular formula is C18H28O. The molecule has 1 heteroatoms. The van der Waals surface area contributed by atoms with E-state index in [1.807, 2.05) is 6.08 Å². The Balaban J connectivity index is 2.69. The lowest BCUT2D eigenvalue weighted by atomic mass is 9.88. The lowest BCUT2D eigenvalue weighted by Crippen LogP contribution is -2.20. The molecule has 1 aromatic carbocycles. The Labute approximate surface area is 118 Å². The minimum absolute atomic E-state index is 0.133. The number of hydrogen-bond acceptors (Lipinski definition) is 1. The van der Waals surface area contributed by atoms with E-state index in [1.54, 1.807) is 0 Å². The highest BCUT2D eigenvalue weighted by Crippen LogP contribution is 2.28. The van der Waals surface area contributed by atoms with Gasteiger partial charge < -0.3 is 4.74 Å². The van der Waals surface area contributed by atoms with Gasteiger partial charge in [0.15, 0.2) is 0 Å². The SMILES string of the molecule is C=CC(OCC)C(CCCCCC)c1ccccc1. The van der Waals surface area contributed by atoms with E-state index < -0.39 is 0 Å². The second-order valence-electron chi connectivity index (χ2n) is 5.02. The lowest BCUT2D eigenvalue weighted by molar-refractivity contribution is 0.0735. The summed E-state index contributed by atoms with van der Waals surface area (Å²) < 4.78 is 5.85. The van der Waals surface area contributed by atoms with Gasteiger partial charge in [0.2, 0.25) is 0 Å². The quantitative estimate of drug-likeness (QED) is 0.408. The molecular weight excluding hydrogens is 232 g/mol. The van der Waals surface area contributed by atoms with Crippen LogP contribution in [0.2, 0.25) is 0 Å². The van der Waals surface area contributed by atoms with E-state index in [9.17, 15) is 0 Å². The molecule has 0 amide bonds. The molecule has 1 aromatic rings. The van der Waals surface area contributed by atoms with Crippen LogP contribution in [-0.2, 0) is 4.74 Å². The molecule has 0 radical (unpaired) electrons. The third kappa shape index (κ3) is 5.61. The van der Waals surface area contributed by atoms with Crippen molar-refractivity contribution in [2.75, 3.05) is 6.61 Å². The molecule has 0 aliphatic rings. The summed E-state index contributed by atoms with van der Waals surface area (Å²) >= 11 is 0. The summed E-state index contributed by atoms with van der Waals surface area (Å²) in [5, 5.41) is 0. The second-order valence-corrected chi connectivity index (χ2v) is 5.02. The number of benzene rings is 1. The minimum Gasteiger partial charge on any atom is -0.374 e. The van der Waals surface area contributed by atoms with Crippen LogP contribution in [0, 0.1) is 0 Å². The highest BCUT2D eigenvalue weighted by Gasteiger charge is 2.20. The first-order valence-electron chi connectivity index (χ1n) is 7.62. The fraction of sp³-hybridized carbons (Fsp3) is 0.556. The molecule has 0 aliphatic heterocycles. The maximum Gasteiger partial charge on any atom is 0.0821 e. The Morgan fingerprint density at radius 2 is 1.84 bits per heavy atom. The van der Waals surface area contributed by atoms with Gasteiger partial charge in [0.05, 0.1) is 6.10 Å². The Morgan fingerprint density at radius 3 is 2.42 bits per heavy atom. The van der Waals surface area contributed by atoms with Gasteiger partial charge in [-0.15, -0.1) is 6.58 Å². The normalized spacial score (nSPS) is 14.0. The van der Waals surface area contributed by atoms with Crippen LogP contribution in [0.4, 0.5) is 0 Å². The Bertz CT molecular complexity index is 331. The van der Waals surface area contributed by atoms with E-state index in [2.05, 4.69) is 50.8 Å². The molecule has 0 saturated carbocycles. The fourth-order valence-corrected chi connectivity index (χ4v) is 2.55. The highest BCUT2D eigenvalue weighted by atomic mass is 16.5.